The monoisotopic (exact) mass is 266 g/mol. The highest BCUT2D eigenvalue weighted by atomic mass is 16.5. The molecule has 0 aliphatic carbocycles. The minimum Gasteiger partial charge on any atom is -0.361 e. The summed E-state index contributed by atoms with van der Waals surface area (Å²) in [6.45, 7) is 8.87. The smallest absolute Gasteiger partial charge is 0.224 e. The third-order valence-electron chi connectivity index (χ3n) is 3.65. The highest BCUT2D eigenvalue weighted by molar-refractivity contribution is 5.78. The van der Waals surface area contributed by atoms with Gasteiger partial charge in [-0.3, -0.25) is 4.79 Å². The molecule has 0 bridgehead atoms. The highest BCUT2D eigenvalue weighted by Crippen LogP contribution is 2.14. The van der Waals surface area contributed by atoms with Gasteiger partial charge >= 0.3 is 0 Å². The largest absolute Gasteiger partial charge is 0.361 e. The highest BCUT2D eigenvalue weighted by Gasteiger charge is 2.14. The molecule has 4 heteroatoms. The number of rotatable bonds is 8. The first kappa shape index (κ1) is 15.7. The summed E-state index contributed by atoms with van der Waals surface area (Å²) in [5.41, 5.74) is 1.73. The Morgan fingerprint density at radius 2 is 2.11 bits per heavy atom. The number of nitrogens with zero attached hydrogens (tertiary/aromatic N) is 1. The lowest BCUT2D eigenvalue weighted by atomic mass is 9.99. The van der Waals surface area contributed by atoms with Crippen molar-refractivity contribution in [3.05, 3.63) is 17.0 Å². The standard InChI is InChI=1S/C15H26N2O2/c1-5-7-8-13(6-2)10-16-15(18)9-14-11(3)17-19-12(14)4/h13H,5-10H2,1-4H3,(H,16,18). The van der Waals surface area contributed by atoms with Crippen molar-refractivity contribution < 1.29 is 9.32 Å². The summed E-state index contributed by atoms with van der Waals surface area (Å²) in [4.78, 5) is 11.9. The van der Waals surface area contributed by atoms with Crippen molar-refractivity contribution in [2.24, 2.45) is 5.92 Å². The molecule has 1 N–H and O–H groups in total. The van der Waals surface area contributed by atoms with E-state index in [2.05, 4.69) is 24.3 Å². The molecule has 1 atom stereocenters. The molecule has 1 unspecified atom stereocenters. The van der Waals surface area contributed by atoms with Crippen LogP contribution in [0.2, 0.25) is 0 Å². The molecule has 0 saturated heterocycles. The molecule has 19 heavy (non-hydrogen) atoms. The van der Waals surface area contributed by atoms with Crippen molar-refractivity contribution in [3.63, 3.8) is 0 Å². The number of carbonyl (C=O) groups is 1. The normalized spacial score (nSPS) is 12.4. The van der Waals surface area contributed by atoms with Crippen LogP contribution < -0.4 is 5.32 Å². The minimum absolute atomic E-state index is 0.0596. The Hall–Kier alpha value is -1.32. The van der Waals surface area contributed by atoms with Crippen molar-refractivity contribution in [1.29, 1.82) is 0 Å². The van der Waals surface area contributed by atoms with Crippen molar-refractivity contribution >= 4 is 5.91 Å². The number of amides is 1. The van der Waals surface area contributed by atoms with E-state index in [9.17, 15) is 4.79 Å². The predicted molar refractivity (Wildman–Crippen MR) is 76.0 cm³/mol. The first-order valence-corrected chi connectivity index (χ1v) is 7.26. The summed E-state index contributed by atoms with van der Waals surface area (Å²) in [5.74, 6) is 1.39. The lowest BCUT2D eigenvalue weighted by Gasteiger charge is -2.15. The summed E-state index contributed by atoms with van der Waals surface area (Å²) >= 11 is 0. The maximum atomic E-state index is 11.9. The minimum atomic E-state index is 0.0596. The number of hydrogen-bond acceptors (Lipinski definition) is 3. The van der Waals surface area contributed by atoms with Crippen LogP contribution in [0.4, 0.5) is 0 Å². The van der Waals surface area contributed by atoms with Gasteiger partial charge in [0.15, 0.2) is 0 Å². The molecule has 0 aliphatic rings. The lowest BCUT2D eigenvalue weighted by Crippen LogP contribution is -2.30. The van der Waals surface area contributed by atoms with E-state index in [4.69, 9.17) is 4.52 Å². The van der Waals surface area contributed by atoms with E-state index in [-0.39, 0.29) is 5.91 Å². The zero-order valence-corrected chi connectivity index (χ0v) is 12.6. The van der Waals surface area contributed by atoms with E-state index in [1.54, 1.807) is 0 Å². The van der Waals surface area contributed by atoms with Gasteiger partial charge in [-0.1, -0.05) is 38.3 Å². The van der Waals surface area contributed by atoms with E-state index in [0.29, 0.717) is 12.3 Å². The van der Waals surface area contributed by atoms with Gasteiger partial charge in [0.2, 0.25) is 5.91 Å². The van der Waals surface area contributed by atoms with Gasteiger partial charge < -0.3 is 9.84 Å². The van der Waals surface area contributed by atoms with E-state index in [0.717, 1.165) is 30.0 Å². The Bertz CT molecular complexity index is 379. The number of hydrogen-bond donors (Lipinski definition) is 1. The van der Waals surface area contributed by atoms with Gasteiger partial charge in [0.25, 0.3) is 0 Å². The average Bonchev–Trinajstić information content (AvgIpc) is 2.71. The van der Waals surface area contributed by atoms with Crippen LogP contribution in [0.25, 0.3) is 0 Å². The van der Waals surface area contributed by atoms with Crippen molar-refractivity contribution in [2.45, 2.75) is 59.8 Å². The molecule has 0 saturated carbocycles. The first-order valence-electron chi connectivity index (χ1n) is 7.26. The number of aryl methyl sites for hydroxylation is 2. The molecule has 1 aromatic rings. The Morgan fingerprint density at radius 3 is 2.63 bits per heavy atom. The summed E-state index contributed by atoms with van der Waals surface area (Å²) < 4.78 is 5.07. The van der Waals surface area contributed by atoms with Crippen LogP contribution in [0.15, 0.2) is 4.52 Å². The van der Waals surface area contributed by atoms with Crippen LogP contribution in [-0.2, 0) is 11.2 Å². The molecule has 0 fully saturated rings. The molecule has 1 aromatic heterocycles. The summed E-state index contributed by atoms with van der Waals surface area (Å²) in [7, 11) is 0. The number of carbonyl (C=O) groups excluding carboxylic acids is 1. The Morgan fingerprint density at radius 1 is 1.37 bits per heavy atom. The third-order valence-corrected chi connectivity index (χ3v) is 3.65. The lowest BCUT2D eigenvalue weighted by molar-refractivity contribution is -0.120. The quantitative estimate of drug-likeness (QED) is 0.786. The molecule has 0 aliphatic heterocycles. The Labute approximate surface area is 115 Å². The summed E-state index contributed by atoms with van der Waals surface area (Å²) in [5, 5.41) is 6.89. The Balaban J connectivity index is 2.39. The molecule has 4 nitrogen and oxygen atoms in total. The zero-order chi connectivity index (χ0) is 14.3. The fourth-order valence-electron chi connectivity index (χ4n) is 2.18. The van der Waals surface area contributed by atoms with Gasteiger partial charge in [-0.05, 0) is 26.2 Å². The van der Waals surface area contributed by atoms with Crippen LogP contribution in [-0.4, -0.2) is 17.6 Å². The van der Waals surface area contributed by atoms with Gasteiger partial charge in [-0.25, -0.2) is 0 Å². The van der Waals surface area contributed by atoms with Gasteiger partial charge in [-0.2, -0.15) is 0 Å². The van der Waals surface area contributed by atoms with E-state index in [1.165, 1.54) is 19.3 Å². The molecule has 0 spiro atoms. The van der Waals surface area contributed by atoms with Gasteiger partial charge in [-0.15, -0.1) is 0 Å². The van der Waals surface area contributed by atoms with E-state index < -0.39 is 0 Å². The second kappa shape index (κ2) is 7.97. The van der Waals surface area contributed by atoms with Crippen molar-refractivity contribution in [1.82, 2.24) is 10.5 Å². The van der Waals surface area contributed by atoms with Crippen LogP contribution in [0.1, 0.15) is 56.5 Å². The maximum absolute atomic E-state index is 11.9. The average molecular weight is 266 g/mol. The molecule has 0 radical (unpaired) electrons. The third kappa shape index (κ3) is 5.05. The summed E-state index contributed by atoms with van der Waals surface area (Å²) in [6, 6.07) is 0. The van der Waals surface area contributed by atoms with Gasteiger partial charge in [0.05, 0.1) is 12.1 Å². The summed E-state index contributed by atoms with van der Waals surface area (Å²) in [6.07, 6.45) is 5.12. The number of unbranched alkanes of at least 4 members (excludes halogenated alkanes) is 1. The van der Waals surface area contributed by atoms with Crippen LogP contribution in [0.5, 0.6) is 0 Å². The fourth-order valence-corrected chi connectivity index (χ4v) is 2.18. The van der Waals surface area contributed by atoms with Crippen LogP contribution >= 0.6 is 0 Å². The van der Waals surface area contributed by atoms with Gasteiger partial charge in [0.1, 0.15) is 5.76 Å². The van der Waals surface area contributed by atoms with Crippen LogP contribution in [0.3, 0.4) is 0 Å². The molecular weight excluding hydrogens is 240 g/mol. The molecule has 108 valence electrons. The Kier molecular flexibility index (Phi) is 6.60. The van der Waals surface area contributed by atoms with E-state index in [1.807, 2.05) is 13.8 Å². The fraction of sp³-hybridized carbons (Fsp3) is 0.733. The van der Waals surface area contributed by atoms with Crippen molar-refractivity contribution in [2.75, 3.05) is 6.54 Å². The second-order valence-electron chi connectivity index (χ2n) is 5.20. The molecule has 1 rings (SSSR count). The van der Waals surface area contributed by atoms with Gasteiger partial charge in [0, 0.05) is 12.1 Å². The first-order chi connectivity index (χ1) is 9.08. The zero-order valence-electron chi connectivity index (χ0n) is 12.6. The predicted octanol–water partition coefficient (Wildman–Crippen LogP) is 3.17. The van der Waals surface area contributed by atoms with Crippen molar-refractivity contribution in [3.8, 4) is 0 Å². The molecule has 1 heterocycles. The molecular formula is C15H26N2O2. The maximum Gasteiger partial charge on any atom is 0.224 e. The second-order valence-corrected chi connectivity index (χ2v) is 5.20. The SMILES string of the molecule is CCCCC(CC)CNC(=O)Cc1c(C)noc1C. The van der Waals surface area contributed by atoms with Crippen LogP contribution in [0, 0.1) is 19.8 Å². The molecule has 1 amide bonds. The number of nitrogens with one attached hydrogen (secondary N) is 1. The topological polar surface area (TPSA) is 55.1 Å². The molecule has 0 aromatic carbocycles. The number of aromatic nitrogens is 1. The van der Waals surface area contributed by atoms with E-state index >= 15 is 0 Å².